The van der Waals surface area contributed by atoms with E-state index in [1.54, 1.807) is 0 Å². The summed E-state index contributed by atoms with van der Waals surface area (Å²) >= 11 is 0. The Bertz CT molecular complexity index is 448. The van der Waals surface area contributed by atoms with Crippen LogP contribution in [0.5, 0.6) is 0 Å². The van der Waals surface area contributed by atoms with Gasteiger partial charge >= 0.3 is 0 Å². The number of carbonyl (C=O) groups excluding carboxylic acids is 1. The topological polar surface area (TPSA) is 32.3 Å². The normalized spacial score (nSPS) is 19.4. The number of likely N-dealkylation sites (tertiary alicyclic amines) is 1. The summed E-state index contributed by atoms with van der Waals surface area (Å²) in [5.41, 5.74) is 3.42. The van der Waals surface area contributed by atoms with Crippen molar-refractivity contribution in [2.75, 3.05) is 13.1 Å². The van der Waals surface area contributed by atoms with E-state index in [2.05, 4.69) is 11.4 Å². The van der Waals surface area contributed by atoms with E-state index in [4.69, 9.17) is 0 Å². The Balaban J connectivity index is 1.85. The molecular weight excluding hydrogens is 224 g/mol. The first-order chi connectivity index (χ1) is 8.86. The number of hydrogen-bond donors (Lipinski definition) is 1. The highest BCUT2D eigenvalue weighted by Crippen LogP contribution is 2.22. The summed E-state index contributed by atoms with van der Waals surface area (Å²) in [7, 11) is 0. The summed E-state index contributed by atoms with van der Waals surface area (Å²) in [6.45, 7) is 3.59. The molecule has 2 aliphatic heterocycles. The van der Waals surface area contributed by atoms with E-state index in [9.17, 15) is 4.79 Å². The van der Waals surface area contributed by atoms with Crippen LogP contribution in [0.4, 0.5) is 0 Å². The Hall–Kier alpha value is -1.35. The lowest BCUT2D eigenvalue weighted by Gasteiger charge is -2.21. The van der Waals surface area contributed by atoms with Crippen molar-refractivity contribution in [3.63, 3.8) is 0 Å². The number of benzene rings is 1. The molecule has 0 aromatic heterocycles. The lowest BCUT2D eigenvalue weighted by Crippen LogP contribution is -2.32. The zero-order chi connectivity index (χ0) is 12.4. The molecular formula is C15H20N2O. The average Bonchev–Trinajstić information content (AvgIpc) is 2.71. The highest BCUT2D eigenvalue weighted by molar-refractivity contribution is 5.96. The third kappa shape index (κ3) is 2.15. The fourth-order valence-corrected chi connectivity index (χ4v) is 2.98. The van der Waals surface area contributed by atoms with Gasteiger partial charge in [0.25, 0.3) is 5.91 Å². The SMILES string of the molecule is O=C(c1cccc2c1CNC2)N1CCCCCC1. The summed E-state index contributed by atoms with van der Waals surface area (Å²) in [5.74, 6) is 0.234. The number of hydrogen-bond acceptors (Lipinski definition) is 2. The first kappa shape index (κ1) is 11.7. The number of fused-ring (bicyclic) bond motifs is 1. The maximum absolute atomic E-state index is 12.6. The van der Waals surface area contributed by atoms with E-state index in [0.29, 0.717) is 0 Å². The van der Waals surface area contributed by atoms with Crippen molar-refractivity contribution >= 4 is 5.91 Å². The number of rotatable bonds is 1. The van der Waals surface area contributed by atoms with Crippen LogP contribution in [-0.4, -0.2) is 23.9 Å². The van der Waals surface area contributed by atoms with E-state index in [1.807, 2.05) is 17.0 Å². The van der Waals surface area contributed by atoms with Gasteiger partial charge in [-0.1, -0.05) is 25.0 Å². The smallest absolute Gasteiger partial charge is 0.254 e. The van der Waals surface area contributed by atoms with Crippen molar-refractivity contribution in [2.24, 2.45) is 0 Å². The van der Waals surface area contributed by atoms with Crippen molar-refractivity contribution in [3.8, 4) is 0 Å². The molecule has 0 atom stereocenters. The third-order valence-electron chi connectivity index (χ3n) is 4.01. The standard InChI is InChI=1S/C15H20N2O/c18-15(17-8-3-1-2-4-9-17)13-7-5-6-12-10-16-11-14(12)13/h5-7,16H,1-4,8-11H2. The minimum absolute atomic E-state index is 0.234. The predicted molar refractivity (Wildman–Crippen MR) is 71.4 cm³/mol. The molecule has 3 nitrogen and oxygen atoms in total. The molecule has 0 spiro atoms. The molecule has 0 unspecified atom stereocenters. The Morgan fingerprint density at radius 1 is 1.06 bits per heavy atom. The van der Waals surface area contributed by atoms with Gasteiger partial charge < -0.3 is 10.2 Å². The molecule has 2 aliphatic rings. The van der Waals surface area contributed by atoms with Crippen LogP contribution in [0.25, 0.3) is 0 Å². The minimum Gasteiger partial charge on any atom is -0.339 e. The first-order valence-corrected chi connectivity index (χ1v) is 6.97. The van der Waals surface area contributed by atoms with Crippen LogP contribution in [0, 0.1) is 0 Å². The number of nitrogens with one attached hydrogen (secondary N) is 1. The number of carbonyl (C=O) groups is 1. The van der Waals surface area contributed by atoms with Crippen LogP contribution in [0.15, 0.2) is 18.2 Å². The van der Waals surface area contributed by atoms with E-state index in [-0.39, 0.29) is 5.91 Å². The van der Waals surface area contributed by atoms with Crippen molar-refractivity contribution in [2.45, 2.75) is 38.8 Å². The zero-order valence-corrected chi connectivity index (χ0v) is 10.7. The number of amides is 1. The van der Waals surface area contributed by atoms with Gasteiger partial charge in [0, 0.05) is 31.7 Å². The van der Waals surface area contributed by atoms with Gasteiger partial charge in [-0.25, -0.2) is 0 Å². The van der Waals surface area contributed by atoms with Crippen LogP contribution < -0.4 is 5.32 Å². The third-order valence-corrected chi connectivity index (χ3v) is 4.01. The maximum Gasteiger partial charge on any atom is 0.254 e. The van der Waals surface area contributed by atoms with Crippen LogP contribution in [0.3, 0.4) is 0 Å². The Labute approximate surface area is 108 Å². The Kier molecular flexibility index (Phi) is 3.33. The number of nitrogens with zero attached hydrogens (tertiary/aromatic N) is 1. The van der Waals surface area contributed by atoms with Gasteiger partial charge in [-0.05, 0) is 30.0 Å². The van der Waals surface area contributed by atoms with Crippen molar-refractivity contribution in [1.82, 2.24) is 10.2 Å². The summed E-state index contributed by atoms with van der Waals surface area (Å²) in [5, 5.41) is 3.33. The average molecular weight is 244 g/mol. The summed E-state index contributed by atoms with van der Waals surface area (Å²) < 4.78 is 0. The molecule has 2 heterocycles. The molecule has 3 heteroatoms. The fraction of sp³-hybridized carbons (Fsp3) is 0.533. The lowest BCUT2D eigenvalue weighted by atomic mass is 10.0. The Morgan fingerprint density at radius 3 is 2.61 bits per heavy atom. The van der Waals surface area contributed by atoms with Crippen molar-refractivity contribution in [1.29, 1.82) is 0 Å². The lowest BCUT2D eigenvalue weighted by molar-refractivity contribution is 0.0760. The highest BCUT2D eigenvalue weighted by Gasteiger charge is 2.22. The van der Waals surface area contributed by atoms with Crippen LogP contribution in [-0.2, 0) is 13.1 Å². The Morgan fingerprint density at radius 2 is 1.83 bits per heavy atom. The molecule has 1 aromatic rings. The molecule has 3 rings (SSSR count). The first-order valence-electron chi connectivity index (χ1n) is 6.97. The van der Waals surface area contributed by atoms with Gasteiger partial charge in [-0.2, -0.15) is 0 Å². The van der Waals surface area contributed by atoms with Crippen LogP contribution >= 0.6 is 0 Å². The van der Waals surface area contributed by atoms with Gasteiger partial charge in [0.2, 0.25) is 0 Å². The van der Waals surface area contributed by atoms with E-state index < -0.39 is 0 Å². The molecule has 1 N–H and O–H groups in total. The second kappa shape index (κ2) is 5.11. The molecule has 1 saturated heterocycles. The predicted octanol–water partition coefficient (Wildman–Crippen LogP) is 2.31. The van der Waals surface area contributed by atoms with Crippen molar-refractivity contribution in [3.05, 3.63) is 34.9 Å². The molecule has 1 fully saturated rings. The second-order valence-electron chi connectivity index (χ2n) is 5.25. The van der Waals surface area contributed by atoms with Crippen LogP contribution in [0.1, 0.15) is 47.2 Å². The fourth-order valence-electron chi connectivity index (χ4n) is 2.98. The monoisotopic (exact) mass is 244 g/mol. The van der Waals surface area contributed by atoms with E-state index >= 15 is 0 Å². The van der Waals surface area contributed by atoms with Gasteiger partial charge in [0.1, 0.15) is 0 Å². The molecule has 0 bridgehead atoms. The highest BCUT2D eigenvalue weighted by atomic mass is 16.2. The van der Waals surface area contributed by atoms with Gasteiger partial charge in [-0.15, -0.1) is 0 Å². The van der Waals surface area contributed by atoms with Gasteiger partial charge in [-0.3, -0.25) is 4.79 Å². The quantitative estimate of drug-likeness (QED) is 0.822. The summed E-state index contributed by atoms with van der Waals surface area (Å²) in [6.07, 6.45) is 4.83. The maximum atomic E-state index is 12.6. The van der Waals surface area contributed by atoms with Gasteiger partial charge in [0.15, 0.2) is 0 Å². The van der Waals surface area contributed by atoms with Gasteiger partial charge in [0.05, 0.1) is 0 Å². The molecule has 0 saturated carbocycles. The zero-order valence-electron chi connectivity index (χ0n) is 10.7. The van der Waals surface area contributed by atoms with Crippen LogP contribution in [0.2, 0.25) is 0 Å². The largest absolute Gasteiger partial charge is 0.339 e. The molecule has 0 aliphatic carbocycles. The summed E-state index contributed by atoms with van der Waals surface area (Å²) in [4.78, 5) is 14.7. The minimum atomic E-state index is 0.234. The molecule has 18 heavy (non-hydrogen) atoms. The molecule has 96 valence electrons. The summed E-state index contributed by atoms with van der Waals surface area (Å²) in [6, 6.07) is 6.12. The molecule has 1 aromatic carbocycles. The molecule has 1 amide bonds. The van der Waals surface area contributed by atoms with E-state index in [1.165, 1.54) is 24.0 Å². The van der Waals surface area contributed by atoms with E-state index in [0.717, 1.165) is 44.6 Å². The molecule has 0 radical (unpaired) electrons. The second-order valence-corrected chi connectivity index (χ2v) is 5.25. The van der Waals surface area contributed by atoms with Crippen molar-refractivity contribution < 1.29 is 4.79 Å².